The van der Waals surface area contributed by atoms with Gasteiger partial charge in [0.25, 0.3) is 0 Å². The van der Waals surface area contributed by atoms with Gasteiger partial charge in [0.05, 0.1) is 12.0 Å². The van der Waals surface area contributed by atoms with Crippen molar-refractivity contribution in [2.75, 3.05) is 20.4 Å². The summed E-state index contributed by atoms with van der Waals surface area (Å²) in [5.74, 6) is -0.376. The molecule has 0 aliphatic rings. The standard InChI is InChI=1S/C8H18NO3P/c1-6(8(10)9-3)7(2)12-13(4,5)11/h6-7H,1-5H3,(H,9,10). The smallest absolute Gasteiger partial charge is 0.225 e. The summed E-state index contributed by atoms with van der Waals surface area (Å²) in [6, 6.07) is 0. The molecule has 5 heteroatoms. The summed E-state index contributed by atoms with van der Waals surface area (Å²) in [7, 11) is -0.933. The first-order valence-electron chi connectivity index (χ1n) is 4.23. The second-order valence-corrected chi connectivity index (χ2v) is 6.18. The summed E-state index contributed by atoms with van der Waals surface area (Å²) in [6.45, 7) is 6.58. The Bertz CT molecular complexity index is 223. The lowest BCUT2D eigenvalue weighted by atomic mass is 10.1. The third kappa shape index (κ3) is 5.06. The van der Waals surface area contributed by atoms with Gasteiger partial charge in [-0.1, -0.05) is 6.92 Å². The molecule has 78 valence electrons. The first-order chi connectivity index (χ1) is 5.78. The van der Waals surface area contributed by atoms with E-state index < -0.39 is 7.37 Å². The molecular weight excluding hydrogens is 189 g/mol. The Morgan fingerprint density at radius 3 is 2.15 bits per heavy atom. The molecule has 0 aromatic rings. The third-order valence-corrected chi connectivity index (χ3v) is 2.62. The van der Waals surface area contributed by atoms with Crippen LogP contribution in [0, 0.1) is 5.92 Å². The van der Waals surface area contributed by atoms with Gasteiger partial charge in [0, 0.05) is 20.4 Å². The minimum atomic E-state index is -2.51. The largest absolute Gasteiger partial charge is 0.359 e. The molecule has 0 aromatic carbocycles. The minimum Gasteiger partial charge on any atom is -0.359 e. The van der Waals surface area contributed by atoms with Crippen LogP contribution in [0.15, 0.2) is 0 Å². The van der Waals surface area contributed by atoms with Crippen LogP contribution in [0.25, 0.3) is 0 Å². The van der Waals surface area contributed by atoms with E-state index in [1.165, 1.54) is 0 Å². The number of carbonyl (C=O) groups excluding carboxylic acids is 1. The Labute approximate surface area is 79.5 Å². The molecule has 0 aromatic heterocycles. The number of amides is 1. The van der Waals surface area contributed by atoms with Crippen LogP contribution >= 0.6 is 7.37 Å². The van der Waals surface area contributed by atoms with Crippen molar-refractivity contribution in [1.29, 1.82) is 0 Å². The van der Waals surface area contributed by atoms with Crippen LogP contribution in [0.2, 0.25) is 0 Å². The van der Waals surface area contributed by atoms with Gasteiger partial charge in [-0.15, -0.1) is 0 Å². The lowest BCUT2D eigenvalue weighted by Crippen LogP contribution is -2.33. The Kier molecular flexibility index (Phi) is 4.65. The van der Waals surface area contributed by atoms with Crippen molar-refractivity contribution in [1.82, 2.24) is 5.32 Å². The molecular formula is C8H18NO3P. The predicted molar refractivity (Wildman–Crippen MR) is 53.2 cm³/mol. The average Bonchev–Trinajstić information content (AvgIpc) is 1.98. The van der Waals surface area contributed by atoms with Crippen LogP contribution in [0.1, 0.15) is 13.8 Å². The van der Waals surface area contributed by atoms with Gasteiger partial charge in [-0.25, -0.2) is 0 Å². The highest BCUT2D eigenvalue weighted by molar-refractivity contribution is 7.57. The van der Waals surface area contributed by atoms with Crippen molar-refractivity contribution in [2.45, 2.75) is 20.0 Å². The first-order valence-corrected chi connectivity index (χ1v) is 6.75. The van der Waals surface area contributed by atoms with Crippen molar-refractivity contribution in [3.63, 3.8) is 0 Å². The second kappa shape index (κ2) is 4.77. The quantitative estimate of drug-likeness (QED) is 0.707. The van der Waals surface area contributed by atoms with Crippen molar-refractivity contribution in [3.05, 3.63) is 0 Å². The number of rotatable bonds is 4. The molecule has 0 spiro atoms. The number of carbonyl (C=O) groups is 1. The molecule has 4 nitrogen and oxygen atoms in total. The van der Waals surface area contributed by atoms with Crippen molar-refractivity contribution >= 4 is 13.3 Å². The normalized spacial score (nSPS) is 16.4. The molecule has 0 heterocycles. The fourth-order valence-electron chi connectivity index (χ4n) is 0.933. The van der Waals surface area contributed by atoms with E-state index in [0.29, 0.717) is 0 Å². The molecule has 0 saturated heterocycles. The maximum atomic E-state index is 11.3. The summed E-state index contributed by atoms with van der Waals surface area (Å²) in [5, 5.41) is 2.52. The second-order valence-electron chi connectivity index (χ2n) is 3.47. The van der Waals surface area contributed by atoms with Gasteiger partial charge < -0.3 is 9.84 Å². The van der Waals surface area contributed by atoms with Gasteiger partial charge in [0.1, 0.15) is 0 Å². The Balaban J connectivity index is 4.19. The van der Waals surface area contributed by atoms with Gasteiger partial charge >= 0.3 is 0 Å². The molecule has 0 aliphatic heterocycles. The minimum absolute atomic E-state index is 0.0963. The topological polar surface area (TPSA) is 55.4 Å². The van der Waals surface area contributed by atoms with Crippen LogP contribution in [0.5, 0.6) is 0 Å². The van der Waals surface area contributed by atoms with Crippen molar-refractivity contribution < 1.29 is 13.9 Å². The molecule has 1 N–H and O–H groups in total. The molecule has 1 amide bonds. The van der Waals surface area contributed by atoms with E-state index in [1.54, 1.807) is 34.2 Å². The van der Waals surface area contributed by atoms with E-state index in [0.717, 1.165) is 0 Å². The Morgan fingerprint density at radius 2 is 1.85 bits per heavy atom. The summed E-state index contributed by atoms with van der Waals surface area (Å²) < 4.78 is 16.5. The van der Waals surface area contributed by atoms with Gasteiger partial charge in [-0.05, 0) is 6.92 Å². The van der Waals surface area contributed by atoms with Gasteiger partial charge in [-0.2, -0.15) is 0 Å². The zero-order chi connectivity index (χ0) is 10.6. The Morgan fingerprint density at radius 1 is 1.38 bits per heavy atom. The molecule has 0 radical (unpaired) electrons. The summed E-state index contributed by atoms with van der Waals surface area (Å²) >= 11 is 0. The third-order valence-electron chi connectivity index (χ3n) is 1.78. The van der Waals surface area contributed by atoms with E-state index in [4.69, 9.17) is 4.52 Å². The highest BCUT2D eigenvalue weighted by Gasteiger charge is 2.23. The maximum Gasteiger partial charge on any atom is 0.225 e. The van der Waals surface area contributed by atoms with Crippen LogP contribution in [0.4, 0.5) is 0 Å². The molecule has 0 aliphatic carbocycles. The lowest BCUT2D eigenvalue weighted by Gasteiger charge is -2.21. The maximum absolute atomic E-state index is 11.3. The summed E-state index contributed by atoms with van der Waals surface area (Å²) in [6.07, 6.45) is -0.319. The van der Waals surface area contributed by atoms with Crippen LogP contribution in [-0.2, 0) is 13.9 Å². The average molecular weight is 207 g/mol. The lowest BCUT2D eigenvalue weighted by molar-refractivity contribution is -0.126. The number of hydrogen-bond acceptors (Lipinski definition) is 3. The van der Waals surface area contributed by atoms with E-state index in [2.05, 4.69) is 5.32 Å². The van der Waals surface area contributed by atoms with Crippen molar-refractivity contribution in [3.8, 4) is 0 Å². The van der Waals surface area contributed by atoms with Crippen molar-refractivity contribution in [2.24, 2.45) is 5.92 Å². The Hall–Kier alpha value is -0.340. The zero-order valence-corrected chi connectivity index (χ0v) is 9.72. The molecule has 13 heavy (non-hydrogen) atoms. The highest BCUT2D eigenvalue weighted by atomic mass is 31.2. The fourth-order valence-corrected chi connectivity index (χ4v) is 1.92. The molecule has 0 saturated carbocycles. The van der Waals surface area contributed by atoms with Gasteiger partial charge in [0.2, 0.25) is 5.91 Å². The summed E-state index contributed by atoms with van der Waals surface area (Å²) in [5.41, 5.74) is 0. The van der Waals surface area contributed by atoms with Crippen LogP contribution < -0.4 is 5.32 Å². The first kappa shape index (κ1) is 12.7. The molecule has 0 fully saturated rings. The monoisotopic (exact) mass is 207 g/mol. The molecule has 0 bridgehead atoms. The van der Waals surface area contributed by atoms with E-state index in [1.807, 2.05) is 0 Å². The van der Waals surface area contributed by atoms with E-state index >= 15 is 0 Å². The van der Waals surface area contributed by atoms with E-state index in [9.17, 15) is 9.36 Å². The van der Waals surface area contributed by atoms with Crippen LogP contribution in [0.3, 0.4) is 0 Å². The molecule has 2 unspecified atom stereocenters. The SMILES string of the molecule is CNC(=O)C(C)C(C)OP(C)(C)=O. The van der Waals surface area contributed by atoms with Gasteiger partial charge in [-0.3, -0.25) is 9.36 Å². The highest BCUT2D eigenvalue weighted by Crippen LogP contribution is 2.40. The molecule has 0 rings (SSSR count). The number of hydrogen-bond donors (Lipinski definition) is 1. The van der Waals surface area contributed by atoms with Gasteiger partial charge in [0.15, 0.2) is 7.37 Å². The van der Waals surface area contributed by atoms with E-state index in [-0.39, 0.29) is 17.9 Å². The predicted octanol–water partition coefficient (Wildman–Crippen LogP) is 1.31. The zero-order valence-electron chi connectivity index (χ0n) is 8.83. The van der Waals surface area contributed by atoms with Crippen LogP contribution in [-0.4, -0.2) is 32.4 Å². The fraction of sp³-hybridized carbons (Fsp3) is 0.875. The summed E-state index contributed by atoms with van der Waals surface area (Å²) in [4.78, 5) is 11.2. The number of nitrogens with one attached hydrogen (secondary N) is 1. The molecule has 2 atom stereocenters.